The highest BCUT2D eigenvalue weighted by Crippen LogP contribution is 2.30. The summed E-state index contributed by atoms with van der Waals surface area (Å²) in [5, 5.41) is 3.39. The Labute approximate surface area is 95.8 Å². The summed E-state index contributed by atoms with van der Waals surface area (Å²) in [5.74, 6) is 0.358. The van der Waals surface area contributed by atoms with Crippen molar-refractivity contribution in [3.8, 4) is 5.75 Å². The van der Waals surface area contributed by atoms with Crippen molar-refractivity contribution < 1.29 is 9.13 Å². The predicted molar refractivity (Wildman–Crippen MR) is 63.4 cm³/mol. The summed E-state index contributed by atoms with van der Waals surface area (Å²) in [7, 11) is 0. The minimum absolute atomic E-state index is 0.0590. The molecule has 0 unspecified atom stereocenters. The van der Waals surface area contributed by atoms with Gasteiger partial charge in [0.15, 0.2) is 0 Å². The average Bonchev–Trinajstić information content (AvgIpc) is 2.12. The van der Waals surface area contributed by atoms with Gasteiger partial charge in [0.2, 0.25) is 0 Å². The van der Waals surface area contributed by atoms with Crippen LogP contribution >= 0.6 is 0 Å². The third kappa shape index (κ3) is 2.65. The molecule has 2 rings (SSSR count). The van der Waals surface area contributed by atoms with E-state index in [1.54, 1.807) is 6.07 Å². The fourth-order valence-corrected chi connectivity index (χ4v) is 1.74. The molecule has 0 aromatic heterocycles. The quantitative estimate of drug-likeness (QED) is 0.842. The van der Waals surface area contributed by atoms with E-state index in [1.807, 2.05) is 13.8 Å². The highest BCUT2D eigenvalue weighted by Gasteiger charge is 2.18. The van der Waals surface area contributed by atoms with Crippen molar-refractivity contribution in [2.24, 2.45) is 0 Å². The number of ether oxygens (including phenoxy) is 1. The molecule has 16 heavy (non-hydrogen) atoms. The van der Waals surface area contributed by atoms with Crippen LogP contribution in [0.25, 0.3) is 0 Å². The molecule has 1 saturated carbocycles. The molecule has 0 bridgehead atoms. The molecule has 0 saturated heterocycles. The topological polar surface area (TPSA) is 21.3 Å². The Kier molecular flexibility index (Phi) is 3.32. The summed E-state index contributed by atoms with van der Waals surface area (Å²) in [6, 6.07) is 5.19. The average molecular weight is 223 g/mol. The fourth-order valence-electron chi connectivity index (χ4n) is 1.74. The molecule has 0 atom stereocenters. The Morgan fingerprint density at radius 1 is 1.38 bits per heavy atom. The van der Waals surface area contributed by atoms with Crippen molar-refractivity contribution in [1.82, 2.24) is 0 Å². The van der Waals surface area contributed by atoms with E-state index >= 15 is 0 Å². The highest BCUT2D eigenvalue weighted by molar-refractivity contribution is 5.57. The minimum Gasteiger partial charge on any atom is -0.489 e. The third-order valence-electron chi connectivity index (χ3n) is 2.77. The van der Waals surface area contributed by atoms with Crippen molar-refractivity contribution >= 4 is 5.69 Å². The number of anilines is 1. The monoisotopic (exact) mass is 223 g/mol. The maximum Gasteiger partial charge on any atom is 0.145 e. The predicted octanol–water partition coefficient (Wildman–Crippen LogP) is 3.58. The first-order valence-corrected chi connectivity index (χ1v) is 5.88. The van der Waals surface area contributed by atoms with Crippen LogP contribution in [0.2, 0.25) is 0 Å². The van der Waals surface area contributed by atoms with E-state index in [9.17, 15) is 4.39 Å². The molecular weight excluding hydrogens is 205 g/mol. The first kappa shape index (κ1) is 11.2. The molecule has 1 aromatic rings. The zero-order valence-electron chi connectivity index (χ0n) is 9.79. The summed E-state index contributed by atoms with van der Waals surface area (Å²) >= 11 is 0. The zero-order valence-corrected chi connectivity index (χ0v) is 9.79. The smallest absolute Gasteiger partial charge is 0.145 e. The van der Waals surface area contributed by atoms with Crippen molar-refractivity contribution in [1.29, 1.82) is 0 Å². The van der Waals surface area contributed by atoms with Crippen LogP contribution in [0.5, 0.6) is 5.75 Å². The minimum atomic E-state index is -0.255. The maximum atomic E-state index is 13.1. The van der Waals surface area contributed by atoms with Gasteiger partial charge >= 0.3 is 0 Å². The molecule has 1 aliphatic carbocycles. The van der Waals surface area contributed by atoms with Crippen LogP contribution in [0.3, 0.4) is 0 Å². The van der Waals surface area contributed by atoms with E-state index in [4.69, 9.17) is 4.74 Å². The number of benzene rings is 1. The maximum absolute atomic E-state index is 13.1. The Hall–Kier alpha value is -1.25. The summed E-state index contributed by atoms with van der Waals surface area (Å²) in [6.45, 7) is 3.88. The van der Waals surface area contributed by atoms with Crippen LogP contribution in [0.15, 0.2) is 18.2 Å². The Balaban J connectivity index is 2.13. The molecule has 1 aromatic carbocycles. The summed E-state index contributed by atoms with van der Waals surface area (Å²) in [6.07, 6.45) is 3.72. The van der Waals surface area contributed by atoms with Crippen LogP contribution in [0.1, 0.15) is 33.1 Å². The number of nitrogens with one attached hydrogen (secondary N) is 1. The van der Waals surface area contributed by atoms with Gasteiger partial charge in [0.05, 0.1) is 11.8 Å². The lowest BCUT2D eigenvalue weighted by Crippen LogP contribution is -2.27. The van der Waals surface area contributed by atoms with E-state index < -0.39 is 0 Å². The van der Waals surface area contributed by atoms with Crippen molar-refractivity contribution in [2.75, 3.05) is 5.32 Å². The molecule has 0 amide bonds. The third-order valence-corrected chi connectivity index (χ3v) is 2.77. The van der Waals surface area contributed by atoms with Gasteiger partial charge in [0.25, 0.3) is 0 Å². The molecule has 88 valence electrons. The molecule has 1 aliphatic rings. The van der Waals surface area contributed by atoms with Crippen LogP contribution in [-0.2, 0) is 0 Å². The summed E-state index contributed by atoms with van der Waals surface area (Å²) < 4.78 is 18.7. The first-order chi connectivity index (χ1) is 7.65. The molecular formula is C13H18FNO. The van der Waals surface area contributed by atoms with Crippen LogP contribution in [-0.4, -0.2) is 12.1 Å². The van der Waals surface area contributed by atoms with Gasteiger partial charge in [0.1, 0.15) is 11.6 Å². The van der Waals surface area contributed by atoms with E-state index in [-0.39, 0.29) is 11.9 Å². The van der Waals surface area contributed by atoms with Crippen LogP contribution in [0, 0.1) is 5.82 Å². The van der Waals surface area contributed by atoms with Gasteiger partial charge < -0.3 is 10.1 Å². The first-order valence-electron chi connectivity index (χ1n) is 5.88. The Bertz CT molecular complexity index is 361. The molecule has 1 N–H and O–H groups in total. The molecule has 0 heterocycles. The van der Waals surface area contributed by atoms with Crippen molar-refractivity contribution in [3.05, 3.63) is 24.0 Å². The Morgan fingerprint density at radius 2 is 2.12 bits per heavy atom. The van der Waals surface area contributed by atoms with Gasteiger partial charge in [-0.05, 0) is 45.2 Å². The molecule has 0 aliphatic heterocycles. The lowest BCUT2D eigenvalue weighted by Gasteiger charge is -2.28. The second kappa shape index (κ2) is 4.73. The fraction of sp³-hybridized carbons (Fsp3) is 0.538. The van der Waals surface area contributed by atoms with Crippen LogP contribution in [0.4, 0.5) is 10.1 Å². The molecule has 0 spiro atoms. The van der Waals surface area contributed by atoms with Gasteiger partial charge in [-0.1, -0.05) is 0 Å². The molecule has 0 radical (unpaired) electrons. The molecule has 3 heteroatoms. The zero-order chi connectivity index (χ0) is 11.5. The van der Waals surface area contributed by atoms with Gasteiger partial charge in [-0.2, -0.15) is 0 Å². The van der Waals surface area contributed by atoms with E-state index in [2.05, 4.69) is 5.32 Å². The normalized spacial score (nSPS) is 16.0. The number of hydrogen-bond acceptors (Lipinski definition) is 2. The van der Waals surface area contributed by atoms with Gasteiger partial charge in [0, 0.05) is 12.1 Å². The summed E-state index contributed by atoms with van der Waals surface area (Å²) in [4.78, 5) is 0. The lowest BCUT2D eigenvalue weighted by atomic mass is 9.93. The van der Waals surface area contributed by atoms with E-state index in [1.165, 1.54) is 31.4 Å². The van der Waals surface area contributed by atoms with Gasteiger partial charge in [-0.3, -0.25) is 0 Å². The number of halogens is 1. The standard InChI is InChI=1S/C13H18FNO/c1-9(2)16-13-8-10(14)6-7-12(13)15-11-4-3-5-11/h6-9,11,15H,3-5H2,1-2H3. The second-order valence-electron chi connectivity index (χ2n) is 4.58. The second-order valence-corrected chi connectivity index (χ2v) is 4.58. The molecule has 2 nitrogen and oxygen atoms in total. The molecule has 1 fully saturated rings. The van der Waals surface area contributed by atoms with E-state index in [0.717, 1.165) is 5.69 Å². The summed E-state index contributed by atoms with van der Waals surface area (Å²) in [5.41, 5.74) is 0.903. The van der Waals surface area contributed by atoms with Gasteiger partial charge in [-0.15, -0.1) is 0 Å². The highest BCUT2D eigenvalue weighted by atomic mass is 19.1. The van der Waals surface area contributed by atoms with E-state index in [0.29, 0.717) is 11.8 Å². The largest absolute Gasteiger partial charge is 0.489 e. The van der Waals surface area contributed by atoms with Crippen LogP contribution < -0.4 is 10.1 Å². The van der Waals surface area contributed by atoms with Crippen molar-refractivity contribution in [2.45, 2.75) is 45.3 Å². The number of rotatable bonds is 4. The Morgan fingerprint density at radius 3 is 2.69 bits per heavy atom. The van der Waals surface area contributed by atoms with Gasteiger partial charge in [-0.25, -0.2) is 4.39 Å². The lowest BCUT2D eigenvalue weighted by molar-refractivity contribution is 0.242. The SMILES string of the molecule is CC(C)Oc1cc(F)ccc1NC1CCC1. The number of hydrogen-bond donors (Lipinski definition) is 1. The van der Waals surface area contributed by atoms with Crippen molar-refractivity contribution in [3.63, 3.8) is 0 Å².